The molecule has 2 aromatic heterocycles. The molecule has 25 heavy (non-hydrogen) atoms. The van der Waals surface area contributed by atoms with Gasteiger partial charge in [-0.05, 0) is 6.42 Å². The van der Waals surface area contributed by atoms with E-state index in [1.165, 1.54) is 6.33 Å². The van der Waals surface area contributed by atoms with Crippen LogP contribution in [0.25, 0.3) is 11.2 Å². The standard InChI is InChI=1S/C16H19N7OS/c1-17-11-3-2-4-23(7-11)16(24)12-8-22(5-6-25-12)15-13-14(19-9-18-13)20-10-21-15/h3,8-10,17H,2,4-7H2,1H3,(H,18,19,20,21). The molecule has 0 spiro atoms. The van der Waals surface area contributed by atoms with Crippen molar-refractivity contribution in [1.82, 2.24) is 30.2 Å². The van der Waals surface area contributed by atoms with Crippen LogP contribution in [0.1, 0.15) is 6.42 Å². The zero-order valence-corrected chi connectivity index (χ0v) is 14.7. The number of rotatable bonds is 3. The lowest BCUT2D eigenvalue weighted by Gasteiger charge is -2.31. The average Bonchev–Trinajstić information content (AvgIpc) is 3.16. The van der Waals surface area contributed by atoms with Crippen molar-refractivity contribution in [3.8, 4) is 0 Å². The number of amides is 1. The Morgan fingerprint density at radius 1 is 1.32 bits per heavy atom. The summed E-state index contributed by atoms with van der Waals surface area (Å²) in [6, 6.07) is 0. The fourth-order valence-electron chi connectivity index (χ4n) is 3.01. The molecular weight excluding hydrogens is 338 g/mol. The molecule has 2 N–H and O–H groups in total. The molecular formula is C16H19N7OS. The maximum Gasteiger partial charge on any atom is 0.262 e. The predicted octanol–water partition coefficient (Wildman–Crippen LogP) is 1.08. The average molecular weight is 357 g/mol. The minimum absolute atomic E-state index is 0.0745. The highest BCUT2D eigenvalue weighted by Crippen LogP contribution is 2.29. The molecule has 130 valence electrons. The number of anilines is 1. The topological polar surface area (TPSA) is 90.0 Å². The summed E-state index contributed by atoms with van der Waals surface area (Å²) in [5.74, 6) is 1.66. The van der Waals surface area contributed by atoms with Gasteiger partial charge in [0.15, 0.2) is 11.5 Å². The van der Waals surface area contributed by atoms with Gasteiger partial charge >= 0.3 is 0 Å². The van der Waals surface area contributed by atoms with Gasteiger partial charge in [-0.2, -0.15) is 0 Å². The second kappa shape index (κ2) is 6.75. The highest BCUT2D eigenvalue weighted by atomic mass is 32.2. The molecule has 2 aliphatic rings. The van der Waals surface area contributed by atoms with Crippen molar-refractivity contribution >= 4 is 34.7 Å². The molecule has 2 aromatic rings. The Morgan fingerprint density at radius 3 is 3.12 bits per heavy atom. The number of nitrogens with one attached hydrogen (secondary N) is 2. The SMILES string of the molecule is CNC1=CCCN(C(=O)C2=CN(c3ncnc4nc[nH]c34)CCS2)C1. The van der Waals surface area contributed by atoms with Gasteiger partial charge in [0.1, 0.15) is 11.8 Å². The number of carbonyl (C=O) groups excluding carboxylic acids is 1. The number of hydrogen-bond donors (Lipinski definition) is 2. The summed E-state index contributed by atoms with van der Waals surface area (Å²) >= 11 is 1.60. The van der Waals surface area contributed by atoms with E-state index in [1.54, 1.807) is 18.1 Å². The molecule has 0 aliphatic carbocycles. The summed E-state index contributed by atoms with van der Waals surface area (Å²) in [6.07, 6.45) is 8.04. The Labute approximate surface area is 149 Å². The number of hydrogen-bond acceptors (Lipinski definition) is 7. The Morgan fingerprint density at radius 2 is 2.24 bits per heavy atom. The molecule has 0 bridgehead atoms. The number of imidazole rings is 1. The molecule has 4 heterocycles. The van der Waals surface area contributed by atoms with E-state index in [1.807, 2.05) is 23.0 Å². The van der Waals surface area contributed by atoms with Crippen LogP contribution in [0.2, 0.25) is 0 Å². The van der Waals surface area contributed by atoms with Gasteiger partial charge in [-0.3, -0.25) is 4.79 Å². The highest BCUT2D eigenvalue weighted by Gasteiger charge is 2.25. The van der Waals surface area contributed by atoms with Crippen molar-refractivity contribution in [2.45, 2.75) is 6.42 Å². The summed E-state index contributed by atoms with van der Waals surface area (Å²) in [6.45, 7) is 2.17. The second-order valence-electron chi connectivity index (χ2n) is 5.83. The quantitative estimate of drug-likeness (QED) is 0.849. The van der Waals surface area contributed by atoms with Gasteiger partial charge in [-0.15, -0.1) is 11.8 Å². The van der Waals surface area contributed by atoms with E-state index in [0.717, 1.165) is 47.2 Å². The van der Waals surface area contributed by atoms with Crippen molar-refractivity contribution in [3.05, 3.63) is 35.5 Å². The zero-order valence-electron chi connectivity index (χ0n) is 13.9. The molecule has 0 fully saturated rings. The number of H-pyrrole nitrogens is 1. The van der Waals surface area contributed by atoms with E-state index >= 15 is 0 Å². The Kier molecular flexibility index (Phi) is 4.31. The number of aromatic amines is 1. The van der Waals surface area contributed by atoms with E-state index in [9.17, 15) is 4.79 Å². The molecule has 0 aromatic carbocycles. The van der Waals surface area contributed by atoms with Crippen molar-refractivity contribution in [1.29, 1.82) is 0 Å². The minimum Gasteiger partial charge on any atom is -0.390 e. The third-order valence-corrected chi connectivity index (χ3v) is 5.29. The fraction of sp³-hybridized carbons (Fsp3) is 0.375. The normalized spacial score (nSPS) is 18.1. The Balaban J connectivity index is 1.59. The summed E-state index contributed by atoms with van der Waals surface area (Å²) < 4.78 is 0. The van der Waals surface area contributed by atoms with Crippen LogP contribution in [-0.4, -0.2) is 63.2 Å². The number of nitrogens with zero attached hydrogens (tertiary/aromatic N) is 5. The molecule has 0 radical (unpaired) electrons. The highest BCUT2D eigenvalue weighted by molar-refractivity contribution is 8.04. The first-order chi connectivity index (χ1) is 12.3. The smallest absolute Gasteiger partial charge is 0.262 e. The van der Waals surface area contributed by atoms with Gasteiger partial charge in [0.25, 0.3) is 5.91 Å². The summed E-state index contributed by atoms with van der Waals surface area (Å²) in [4.78, 5) is 33.3. The second-order valence-corrected chi connectivity index (χ2v) is 6.97. The first-order valence-electron chi connectivity index (χ1n) is 8.17. The third-order valence-electron chi connectivity index (χ3n) is 4.31. The Bertz CT molecular complexity index is 859. The van der Waals surface area contributed by atoms with Crippen molar-refractivity contribution in [3.63, 3.8) is 0 Å². The molecule has 0 unspecified atom stereocenters. The monoisotopic (exact) mass is 357 g/mol. The minimum atomic E-state index is 0.0745. The van der Waals surface area contributed by atoms with Crippen LogP contribution in [-0.2, 0) is 4.79 Å². The maximum atomic E-state index is 12.9. The van der Waals surface area contributed by atoms with Crippen LogP contribution < -0.4 is 10.2 Å². The van der Waals surface area contributed by atoms with Crippen molar-refractivity contribution in [2.24, 2.45) is 0 Å². The third kappa shape index (κ3) is 3.07. The number of aromatic nitrogens is 4. The maximum absolute atomic E-state index is 12.9. The molecule has 8 nitrogen and oxygen atoms in total. The van der Waals surface area contributed by atoms with Crippen LogP contribution in [0, 0.1) is 0 Å². The van der Waals surface area contributed by atoms with E-state index in [2.05, 4.69) is 31.3 Å². The summed E-state index contributed by atoms with van der Waals surface area (Å²) in [5.41, 5.74) is 2.51. The van der Waals surface area contributed by atoms with E-state index in [4.69, 9.17) is 0 Å². The largest absolute Gasteiger partial charge is 0.390 e. The Hall–Kier alpha value is -2.55. The number of fused-ring (bicyclic) bond motifs is 1. The first-order valence-corrected chi connectivity index (χ1v) is 9.16. The lowest BCUT2D eigenvalue weighted by molar-refractivity contribution is -0.126. The van der Waals surface area contributed by atoms with E-state index in [-0.39, 0.29) is 5.91 Å². The van der Waals surface area contributed by atoms with Crippen molar-refractivity contribution < 1.29 is 4.79 Å². The first kappa shape index (κ1) is 15.9. The van der Waals surface area contributed by atoms with Crippen LogP contribution in [0.3, 0.4) is 0 Å². The van der Waals surface area contributed by atoms with Crippen LogP contribution in [0.15, 0.2) is 35.5 Å². The predicted molar refractivity (Wildman–Crippen MR) is 97.9 cm³/mol. The molecule has 0 saturated carbocycles. The number of carbonyl (C=O) groups is 1. The summed E-state index contributed by atoms with van der Waals surface area (Å²) in [5, 5.41) is 3.15. The van der Waals surface area contributed by atoms with E-state index < -0.39 is 0 Å². The number of likely N-dealkylation sites (N-methyl/N-ethyl adjacent to an activating group) is 1. The molecule has 9 heteroatoms. The van der Waals surface area contributed by atoms with Gasteiger partial charge in [-0.25, -0.2) is 15.0 Å². The van der Waals surface area contributed by atoms with Gasteiger partial charge < -0.3 is 20.1 Å². The van der Waals surface area contributed by atoms with Crippen molar-refractivity contribution in [2.75, 3.05) is 37.3 Å². The molecule has 0 saturated heterocycles. The lowest BCUT2D eigenvalue weighted by Crippen LogP contribution is -2.40. The zero-order chi connectivity index (χ0) is 17.2. The van der Waals surface area contributed by atoms with Crippen LogP contribution >= 0.6 is 11.8 Å². The summed E-state index contributed by atoms with van der Waals surface area (Å²) in [7, 11) is 1.89. The molecule has 4 rings (SSSR count). The lowest BCUT2D eigenvalue weighted by atomic mass is 10.2. The van der Waals surface area contributed by atoms with E-state index in [0.29, 0.717) is 12.2 Å². The molecule has 2 aliphatic heterocycles. The fourth-order valence-corrected chi connectivity index (χ4v) is 3.97. The van der Waals surface area contributed by atoms with Crippen LogP contribution in [0.5, 0.6) is 0 Å². The molecule has 1 amide bonds. The molecule has 0 atom stereocenters. The van der Waals surface area contributed by atoms with Gasteiger partial charge in [0, 0.05) is 37.8 Å². The van der Waals surface area contributed by atoms with Gasteiger partial charge in [-0.1, -0.05) is 6.08 Å². The van der Waals surface area contributed by atoms with Gasteiger partial charge in [0.2, 0.25) is 0 Å². The van der Waals surface area contributed by atoms with Gasteiger partial charge in [0.05, 0.1) is 17.8 Å². The van der Waals surface area contributed by atoms with Crippen LogP contribution in [0.4, 0.5) is 5.82 Å². The number of thioether (sulfide) groups is 1.